The first-order chi connectivity index (χ1) is 10.3. The van der Waals surface area contributed by atoms with Crippen LogP contribution in [0.15, 0.2) is 54.4 Å². The maximum absolute atomic E-state index is 11.8. The van der Waals surface area contributed by atoms with E-state index in [1.807, 2.05) is 17.5 Å². The van der Waals surface area contributed by atoms with Crippen molar-refractivity contribution in [1.29, 1.82) is 0 Å². The summed E-state index contributed by atoms with van der Waals surface area (Å²) in [7, 11) is 0. The van der Waals surface area contributed by atoms with Gasteiger partial charge in [0.05, 0.1) is 18.1 Å². The maximum atomic E-state index is 11.8. The summed E-state index contributed by atoms with van der Waals surface area (Å²) in [6.07, 6.45) is 9.72. The van der Waals surface area contributed by atoms with Crippen molar-refractivity contribution in [2.75, 3.05) is 5.32 Å². The zero-order valence-electron chi connectivity index (χ0n) is 10.9. The molecule has 0 radical (unpaired) electrons. The molecule has 3 rings (SSSR count). The molecule has 1 N–H and O–H groups in total. The van der Waals surface area contributed by atoms with Gasteiger partial charge in [-0.15, -0.1) is 11.3 Å². The Morgan fingerprint density at radius 2 is 2.14 bits per heavy atom. The lowest BCUT2D eigenvalue weighted by Crippen LogP contribution is -2.09. The summed E-state index contributed by atoms with van der Waals surface area (Å²) < 4.78 is 1.54. The average Bonchev–Trinajstić information content (AvgIpc) is 3.19. The zero-order chi connectivity index (χ0) is 14.5. The Kier molecular flexibility index (Phi) is 3.83. The van der Waals surface area contributed by atoms with Crippen LogP contribution in [0.2, 0.25) is 0 Å². The largest absolute Gasteiger partial charge is 0.320 e. The lowest BCUT2D eigenvalue weighted by atomic mass is 10.4. The van der Waals surface area contributed by atoms with Gasteiger partial charge in [0.1, 0.15) is 0 Å². The van der Waals surface area contributed by atoms with Gasteiger partial charge >= 0.3 is 0 Å². The van der Waals surface area contributed by atoms with Gasteiger partial charge in [0.2, 0.25) is 5.91 Å². The quantitative estimate of drug-likeness (QED) is 0.750. The second kappa shape index (κ2) is 6.10. The highest BCUT2D eigenvalue weighted by Crippen LogP contribution is 2.10. The van der Waals surface area contributed by atoms with Gasteiger partial charge in [0.15, 0.2) is 0 Å². The van der Waals surface area contributed by atoms with Crippen LogP contribution in [-0.4, -0.2) is 25.7 Å². The predicted octanol–water partition coefficient (Wildman–Crippen LogP) is 2.38. The number of hydrogen-bond donors (Lipinski definition) is 1. The van der Waals surface area contributed by atoms with Crippen molar-refractivity contribution >= 4 is 29.0 Å². The molecule has 6 nitrogen and oxygen atoms in total. The van der Waals surface area contributed by atoms with Crippen LogP contribution in [0.1, 0.15) is 4.88 Å². The van der Waals surface area contributed by atoms with Crippen LogP contribution in [0.5, 0.6) is 0 Å². The summed E-state index contributed by atoms with van der Waals surface area (Å²) in [5.41, 5.74) is 0.534. The summed E-state index contributed by atoms with van der Waals surface area (Å²) in [4.78, 5) is 21.1. The highest BCUT2D eigenvalue weighted by atomic mass is 32.1. The second-order valence-electron chi connectivity index (χ2n) is 4.06. The predicted molar refractivity (Wildman–Crippen MR) is 81.1 cm³/mol. The van der Waals surface area contributed by atoms with E-state index >= 15 is 0 Å². The Morgan fingerprint density at radius 3 is 2.81 bits per heavy atom. The fraction of sp³-hybridized carbons (Fsp3) is 0. The molecule has 21 heavy (non-hydrogen) atoms. The van der Waals surface area contributed by atoms with Gasteiger partial charge in [-0.25, -0.2) is 14.6 Å². The first-order valence-electron chi connectivity index (χ1n) is 6.16. The topological polar surface area (TPSA) is 72.7 Å². The molecule has 3 aromatic rings. The second-order valence-corrected chi connectivity index (χ2v) is 5.04. The van der Waals surface area contributed by atoms with E-state index in [2.05, 4.69) is 20.4 Å². The average molecular weight is 297 g/mol. The van der Waals surface area contributed by atoms with Crippen LogP contribution in [0.4, 0.5) is 5.69 Å². The Labute approximate surface area is 124 Å². The molecule has 0 fully saturated rings. The number of aromatic nitrogens is 4. The van der Waals surface area contributed by atoms with Gasteiger partial charge in [0, 0.05) is 23.3 Å². The Morgan fingerprint density at radius 1 is 1.29 bits per heavy atom. The van der Waals surface area contributed by atoms with E-state index in [-0.39, 0.29) is 5.91 Å². The van der Waals surface area contributed by atoms with E-state index in [1.54, 1.807) is 52.9 Å². The number of hydrogen-bond acceptors (Lipinski definition) is 5. The molecule has 0 aliphatic carbocycles. The number of nitrogens with zero attached hydrogens (tertiary/aromatic N) is 4. The molecule has 0 saturated heterocycles. The number of amides is 1. The minimum absolute atomic E-state index is 0.223. The monoisotopic (exact) mass is 297 g/mol. The normalized spacial score (nSPS) is 10.9. The van der Waals surface area contributed by atoms with Crippen molar-refractivity contribution in [3.63, 3.8) is 0 Å². The van der Waals surface area contributed by atoms with Gasteiger partial charge in [-0.2, -0.15) is 5.10 Å². The Hall–Kier alpha value is -2.80. The molecular formula is C14H11N5OS. The molecule has 0 atom stereocenters. The van der Waals surface area contributed by atoms with E-state index in [4.69, 9.17) is 0 Å². The number of anilines is 1. The number of nitrogens with one attached hydrogen (secondary N) is 1. The minimum atomic E-state index is -0.223. The SMILES string of the molecule is O=C(/C=C/c1cccs1)Nc1cnc(-n2cccn2)nc1. The van der Waals surface area contributed by atoms with E-state index in [0.29, 0.717) is 11.6 Å². The van der Waals surface area contributed by atoms with Crippen LogP contribution < -0.4 is 5.32 Å². The van der Waals surface area contributed by atoms with E-state index in [9.17, 15) is 4.79 Å². The van der Waals surface area contributed by atoms with Crippen molar-refractivity contribution in [1.82, 2.24) is 19.7 Å². The van der Waals surface area contributed by atoms with Crippen molar-refractivity contribution < 1.29 is 4.79 Å². The number of thiophene rings is 1. The van der Waals surface area contributed by atoms with Crippen LogP contribution in [0.25, 0.3) is 12.0 Å². The summed E-state index contributed by atoms with van der Waals surface area (Å²) in [5.74, 6) is 0.228. The molecule has 0 aliphatic rings. The molecule has 7 heteroatoms. The van der Waals surface area contributed by atoms with Crippen LogP contribution in [-0.2, 0) is 4.79 Å². The lowest BCUT2D eigenvalue weighted by Gasteiger charge is -2.02. The minimum Gasteiger partial charge on any atom is -0.320 e. The summed E-state index contributed by atoms with van der Waals surface area (Å²) >= 11 is 1.57. The molecule has 0 aliphatic heterocycles. The smallest absolute Gasteiger partial charge is 0.250 e. The molecule has 1 amide bonds. The van der Waals surface area contributed by atoms with Crippen LogP contribution in [0.3, 0.4) is 0 Å². The molecule has 3 heterocycles. The molecule has 0 spiro atoms. The summed E-state index contributed by atoms with van der Waals surface area (Å²) in [6, 6.07) is 5.66. The Balaban J connectivity index is 1.64. The van der Waals surface area contributed by atoms with Crippen molar-refractivity contribution in [2.24, 2.45) is 0 Å². The van der Waals surface area contributed by atoms with E-state index in [1.165, 1.54) is 6.08 Å². The first-order valence-corrected chi connectivity index (χ1v) is 7.04. The van der Waals surface area contributed by atoms with Gasteiger partial charge < -0.3 is 5.32 Å². The molecule has 0 bridgehead atoms. The van der Waals surface area contributed by atoms with Crippen LogP contribution in [0, 0.1) is 0 Å². The van der Waals surface area contributed by atoms with Crippen molar-refractivity contribution in [3.05, 3.63) is 59.3 Å². The highest BCUT2D eigenvalue weighted by molar-refractivity contribution is 7.10. The molecule has 0 unspecified atom stereocenters. The number of carbonyl (C=O) groups excluding carboxylic acids is 1. The first kappa shape index (κ1) is 13.2. The lowest BCUT2D eigenvalue weighted by molar-refractivity contribution is -0.111. The summed E-state index contributed by atoms with van der Waals surface area (Å²) in [5, 5.41) is 8.69. The fourth-order valence-corrected chi connectivity index (χ4v) is 2.24. The number of rotatable bonds is 4. The van der Waals surface area contributed by atoms with Gasteiger partial charge in [-0.1, -0.05) is 6.07 Å². The molecular weight excluding hydrogens is 286 g/mol. The number of carbonyl (C=O) groups is 1. The molecule has 0 saturated carbocycles. The van der Waals surface area contributed by atoms with Gasteiger partial charge in [-0.05, 0) is 23.6 Å². The van der Waals surface area contributed by atoms with Gasteiger partial charge in [0.25, 0.3) is 5.95 Å². The zero-order valence-corrected chi connectivity index (χ0v) is 11.7. The third kappa shape index (κ3) is 3.40. The summed E-state index contributed by atoms with van der Waals surface area (Å²) in [6.45, 7) is 0. The standard InChI is InChI=1S/C14H11N5OS/c20-13(5-4-12-3-1-8-21-12)18-11-9-15-14(16-10-11)19-7-2-6-17-19/h1-10H,(H,18,20)/b5-4+. The van der Waals surface area contributed by atoms with E-state index < -0.39 is 0 Å². The van der Waals surface area contributed by atoms with E-state index in [0.717, 1.165) is 4.88 Å². The highest BCUT2D eigenvalue weighted by Gasteiger charge is 2.02. The fourth-order valence-electron chi connectivity index (χ4n) is 1.62. The Bertz CT molecular complexity index is 732. The molecule has 3 aromatic heterocycles. The van der Waals surface area contributed by atoms with Gasteiger partial charge in [-0.3, -0.25) is 4.79 Å². The molecule has 0 aromatic carbocycles. The maximum Gasteiger partial charge on any atom is 0.250 e. The third-order valence-corrected chi connectivity index (χ3v) is 3.39. The van der Waals surface area contributed by atoms with Crippen molar-refractivity contribution in [3.8, 4) is 5.95 Å². The van der Waals surface area contributed by atoms with Crippen molar-refractivity contribution in [2.45, 2.75) is 0 Å². The van der Waals surface area contributed by atoms with Crippen LogP contribution >= 0.6 is 11.3 Å². The third-order valence-electron chi connectivity index (χ3n) is 2.56. The molecule has 104 valence electrons.